The van der Waals surface area contributed by atoms with Gasteiger partial charge >= 0.3 is 0 Å². The second-order valence-electron chi connectivity index (χ2n) is 3.46. The molecule has 17 heavy (non-hydrogen) atoms. The number of nitrogens with two attached hydrogens (primary N) is 1. The summed E-state index contributed by atoms with van der Waals surface area (Å²) in [5.41, 5.74) is 6.26. The molecule has 4 nitrogen and oxygen atoms in total. The number of halogens is 1. The first-order chi connectivity index (χ1) is 8.20. The van der Waals surface area contributed by atoms with Crippen molar-refractivity contribution in [2.45, 2.75) is 24.1 Å². The number of aryl methyl sites for hydroxylation is 1. The largest absolute Gasteiger partial charge is 0.398 e. The molecule has 6 heteroatoms. The molecular weight excluding hydrogens is 256 g/mol. The Morgan fingerprint density at radius 1 is 1.47 bits per heavy atom. The Kier molecular flexibility index (Phi) is 3.91. The molecule has 0 aliphatic heterocycles. The molecular formula is C11H13ClN4S. The van der Waals surface area contributed by atoms with Gasteiger partial charge in [-0.1, -0.05) is 11.6 Å². The molecule has 90 valence electrons. The van der Waals surface area contributed by atoms with E-state index in [4.69, 9.17) is 17.3 Å². The molecule has 0 bridgehead atoms. The van der Waals surface area contributed by atoms with Gasteiger partial charge < -0.3 is 5.73 Å². The Morgan fingerprint density at radius 2 is 2.29 bits per heavy atom. The summed E-state index contributed by atoms with van der Waals surface area (Å²) in [6, 6.07) is 5.64. The SMILES string of the molecule is CCn1ncnc1CSc1ccc(N)c(Cl)c1. The highest BCUT2D eigenvalue weighted by atomic mass is 35.5. The fourth-order valence-electron chi connectivity index (χ4n) is 1.41. The van der Waals surface area contributed by atoms with Gasteiger partial charge in [0.05, 0.1) is 16.5 Å². The van der Waals surface area contributed by atoms with Gasteiger partial charge in [0.2, 0.25) is 0 Å². The van der Waals surface area contributed by atoms with Gasteiger partial charge in [0.15, 0.2) is 0 Å². The highest BCUT2D eigenvalue weighted by molar-refractivity contribution is 7.98. The van der Waals surface area contributed by atoms with E-state index in [0.717, 1.165) is 23.0 Å². The van der Waals surface area contributed by atoms with Crippen LogP contribution in [0.15, 0.2) is 29.4 Å². The minimum atomic E-state index is 0.590. The molecule has 0 amide bonds. The lowest BCUT2D eigenvalue weighted by Gasteiger charge is -2.04. The average Bonchev–Trinajstić information content (AvgIpc) is 2.78. The molecule has 0 spiro atoms. The zero-order valence-corrected chi connectivity index (χ0v) is 11.0. The van der Waals surface area contributed by atoms with E-state index in [0.29, 0.717) is 10.7 Å². The van der Waals surface area contributed by atoms with Gasteiger partial charge in [-0.25, -0.2) is 9.67 Å². The van der Waals surface area contributed by atoms with Crippen molar-refractivity contribution in [1.82, 2.24) is 14.8 Å². The minimum Gasteiger partial charge on any atom is -0.398 e. The molecule has 0 atom stereocenters. The van der Waals surface area contributed by atoms with Crippen molar-refractivity contribution in [1.29, 1.82) is 0 Å². The lowest BCUT2D eigenvalue weighted by atomic mass is 10.3. The van der Waals surface area contributed by atoms with Crippen LogP contribution in [0.25, 0.3) is 0 Å². The van der Waals surface area contributed by atoms with Crippen LogP contribution in [0.4, 0.5) is 5.69 Å². The summed E-state index contributed by atoms with van der Waals surface area (Å²) in [4.78, 5) is 5.29. The van der Waals surface area contributed by atoms with Crippen LogP contribution in [0.3, 0.4) is 0 Å². The quantitative estimate of drug-likeness (QED) is 0.684. The van der Waals surface area contributed by atoms with Crippen LogP contribution >= 0.6 is 23.4 Å². The van der Waals surface area contributed by atoms with Crippen molar-refractivity contribution < 1.29 is 0 Å². The van der Waals surface area contributed by atoms with Crippen LogP contribution in [-0.2, 0) is 12.3 Å². The number of benzene rings is 1. The van der Waals surface area contributed by atoms with Gasteiger partial charge in [-0.15, -0.1) is 11.8 Å². The van der Waals surface area contributed by atoms with Crippen molar-refractivity contribution in [3.8, 4) is 0 Å². The monoisotopic (exact) mass is 268 g/mol. The Balaban J connectivity index is 2.05. The summed E-state index contributed by atoms with van der Waals surface area (Å²) in [6.45, 7) is 2.88. The van der Waals surface area contributed by atoms with Crippen molar-refractivity contribution in [2.24, 2.45) is 0 Å². The van der Waals surface area contributed by atoms with Crippen LogP contribution in [0.5, 0.6) is 0 Å². The third-order valence-corrected chi connectivity index (χ3v) is 3.65. The van der Waals surface area contributed by atoms with Gasteiger partial charge in [0.1, 0.15) is 12.2 Å². The molecule has 2 rings (SSSR count). The third-order valence-electron chi connectivity index (χ3n) is 2.34. The molecule has 0 radical (unpaired) electrons. The zero-order chi connectivity index (χ0) is 12.3. The Morgan fingerprint density at radius 3 is 3.00 bits per heavy atom. The van der Waals surface area contributed by atoms with E-state index in [9.17, 15) is 0 Å². The number of aromatic nitrogens is 3. The van der Waals surface area contributed by atoms with Crippen molar-refractivity contribution in [3.05, 3.63) is 35.4 Å². The van der Waals surface area contributed by atoms with Crippen LogP contribution in [0.2, 0.25) is 5.02 Å². The lowest BCUT2D eigenvalue weighted by Crippen LogP contribution is -2.01. The van der Waals surface area contributed by atoms with Gasteiger partial charge in [-0.2, -0.15) is 5.10 Å². The number of hydrogen-bond donors (Lipinski definition) is 1. The first-order valence-electron chi connectivity index (χ1n) is 5.25. The zero-order valence-electron chi connectivity index (χ0n) is 9.43. The molecule has 2 aromatic rings. The topological polar surface area (TPSA) is 56.7 Å². The number of rotatable bonds is 4. The van der Waals surface area contributed by atoms with Crippen LogP contribution in [0, 0.1) is 0 Å². The molecule has 1 aromatic heterocycles. The average molecular weight is 269 g/mol. The molecule has 2 N–H and O–H groups in total. The number of nitrogens with zero attached hydrogens (tertiary/aromatic N) is 3. The van der Waals surface area contributed by atoms with Crippen LogP contribution < -0.4 is 5.73 Å². The summed E-state index contributed by atoms with van der Waals surface area (Å²) in [7, 11) is 0. The second-order valence-corrected chi connectivity index (χ2v) is 4.92. The van der Waals surface area contributed by atoms with Crippen LogP contribution in [0.1, 0.15) is 12.7 Å². The smallest absolute Gasteiger partial charge is 0.138 e. The molecule has 0 saturated carbocycles. The summed E-state index contributed by atoms with van der Waals surface area (Å²) < 4.78 is 1.88. The van der Waals surface area contributed by atoms with Crippen LogP contribution in [-0.4, -0.2) is 14.8 Å². The van der Waals surface area contributed by atoms with Gasteiger partial charge in [0.25, 0.3) is 0 Å². The molecule has 0 saturated heterocycles. The summed E-state index contributed by atoms with van der Waals surface area (Å²) in [5, 5.41) is 4.71. The van der Waals surface area contributed by atoms with E-state index in [1.165, 1.54) is 0 Å². The fraction of sp³-hybridized carbons (Fsp3) is 0.273. The van der Waals surface area contributed by atoms with Gasteiger partial charge in [-0.05, 0) is 25.1 Å². The molecule has 1 aromatic carbocycles. The molecule has 1 heterocycles. The molecule has 0 aliphatic carbocycles. The maximum Gasteiger partial charge on any atom is 0.138 e. The first kappa shape index (κ1) is 12.3. The van der Waals surface area contributed by atoms with E-state index < -0.39 is 0 Å². The fourth-order valence-corrected chi connectivity index (χ4v) is 2.54. The first-order valence-corrected chi connectivity index (χ1v) is 6.61. The highest BCUT2D eigenvalue weighted by Crippen LogP contribution is 2.28. The number of hydrogen-bond acceptors (Lipinski definition) is 4. The second kappa shape index (κ2) is 5.42. The maximum atomic E-state index is 5.96. The molecule has 0 aliphatic rings. The van der Waals surface area contributed by atoms with Crippen molar-refractivity contribution in [2.75, 3.05) is 5.73 Å². The summed E-state index contributed by atoms with van der Waals surface area (Å²) >= 11 is 7.63. The Labute approximate surface area is 109 Å². The normalized spacial score (nSPS) is 10.7. The number of anilines is 1. The lowest BCUT2D eigenvalue weighted by molar-refractivity contribution is 0.632. The number of thioether (sulfide) groups is 1. The predicted octanol–water partition coefficient (Wildman–Crippen LogP) is 2.83. The maximum absolute atomic E-state index is 5.96. The molecule has 0 unspecified atom stereocenters. The van der Waals surface area contributed by atoms with Gasteiger partial charge in [0, 0.05) is 11.4 Å². The van der Waals surface area contributed by atoms with E-state index in [1.54, 1.807) is 18.1 Å². The third kappa shape index (κ3) is 2.92. The molecule has 0 fully saturated rings. The summed E-state index contributed by atoms with van der Waals surface area (Å²) in [6.07, 6.45) is 1.58. The van der Waals surface area contributed by atoms with Crippen molar-refractivity contribution in [3.63, 3.8) is 0 Å². The minimum absolute atomic E-state index is 0.590. The van der Waals surface area contributed by atoms with E-state index in [-0.39, 0.29) is 0 Å². The number of nitrogen functional groups attached to an aromatic ring is 1. The summed E-state index contributed by atoms with van der Waals surface area (Å²) in [5.74, 6) is 1.74. The van der Waals surface area contributed by atoms with Gasteiger partial charge in [-0.3, -0.25) is 0 Å². The van der Waals surface area contributed by atoms with E-state index >= 15 is 0 Å². The van der Waals surface area contributed by atoms with E-state index in [1.807, 2.05) is 29.8 Å². The van der Waals surface area contributed by atoms with Crippen molar-refractivity contribution >= 4 is 29.1 Å². The Bertz CT molecular complexity index is 512. The highest BCUT2D eigenvalue weighted by Gasteiger charge is 2.04. The van der Waals surface area contributed by atoms with E-state index in [2.05, 4.69) is 10.1 Å². The Hall–Kier alpha value is -1.20. The predicted molar refractivity (Wildman–Crippen MR) is 71.1 cm³/mol. The standard InChI is InChI=1S/C11H13ClN4S/c1-2-16-11(14-7-15-16)6-17-8-3-4-10(13)9(12)5-8/h3-5,7H,2,6,13H2,1H3.